The summed E-state index contributed by atoms with van der Waals surface area (Å²) in [5.41, 5.74) is 12.3. The van der Waals surface area contributed by atoms with Crippen molar-refractivity contribution in [1.82, 2.24) is 4.90 Å². The number of aryl methyl sites for hydroxylation is 3. The van der Waals surface area contributed by atoms with E-state index in [4.69, 9.17) is 5.73 Å². The standard InChI is InChI=1S/C19H32N2/c1-6-19(7-2)8-9-21(13-19)18(12-20)17-11-15(4)14(3)10-16(17)5/h10-11,18H,6-9,12-13,20H2,1-5H3. The Morgan fingerprint density at radius 2 is 1.71 bits per heavy atom. The minimum absolute atomic E-state index is 0.379. The lowest BCUT2D eigenvalue weighted by Gasteiger charge is -2.32. The molecule has 0 aliphatic carbocycles. The van der Waals surface area contributed by atoms with Gasteiger partial charge < -0.3 is 5.73 Å². The molecule has 118 valence electrons. The lowest BCUT2D eigenvalue weighted by molar-refractivity contribution is 0.197. The summed E-state index contributed by atoms with van der Waals surface area (Å²) >= 11 is 0. The lowest BCUT2D eigenvalue weighted by atomic mass is 9.82. The Hall–Kier alpha value is -0.860. The van der Waals surface area contributed by atoms with Gasteiger partial charge >= 0.3 is 0 Å². The summed E-state index contributed by atoms with van der Waals surface area (Å²) in [6, 6.07) is 5.06. The fraction of sp³-hybridized carbons (Fsp3) is 0.684. The van der Waals surface area contributed by atoms with Gasteiger partial charge in [0.1, 0.15) is 0 Å². The molecular weight excluding hydrogens is 256 g/mol. The molecule has 0 aromatic heterocycles. The molecule has 0 saturated carbocycles. The second-order valence-corrected chi connectivity index (χ2v) is 6.97. The van der Waals surface area contributed by atoms with Crippen molar-refractivity contribution in [3.8, 4) is 0 Å². The van der Waals surface area contributed by atoms with Crippen LogP contribution in [0.15, 0.2) is 12.1 Å². The smallest absolute Gasteiger partial charge is 0.0473 e. The van der Waals surface area contributed by atoms with Crippen LogP contribution in [0.25, 0.3) is 0 Å². The van der Waals surface area contributed by atoms with Crippen LogP contribution in [0.4, 0.5) is 0 Å². The minimum Gasteiger partial charge on any atom is -0.329 e. The molecule has 1 aliphatic heterocycles. The molecule has 2 rings (SSSR count). The van der Waals surface area contributed by atoms with Crippen LogP contribution in [0, 0.1) is 26.2 Å². The molecule has 0 bridgehead atoms. The summed E-state index contributed by atoms with van der Waals surface area (Å²) in [4.78, 5) is 2.63. The predicted octanol–water partition coefficient (Wildman–Crippen LogP) is 4.12. The first kappa shape index (κ1) is 16.5. The highest BCUT2D eigenvalue weighted by atomic mass is 15.2. The van der Waals surface area contributed by atoms with E-state index < -0.39 is 0 Å². The van der Waals surface area contributed by atoms with Crippen LogP contribution < -0.4 is 5.73 Å². The molecule has 0 radical (unpaired) electrons. The third-order valence-electron chi connectivity index (χ3n) is 5.87. The van der Waals surface area contributed by atoms with E-state index in [2.05, 4.69) is 51.7 Å². The average molecular weight is 288 g/mol. The number of nitrogens with zero attached hydrogens (tertiary/aromatic N) is 1. The van der Waals surface area contributed by atoms with Crippen LogP contribution in [-0.2, 0) is 0 Å². The Kier molecular flexibility index (Phi) is 5.11. The predicted molar refractivity (Wildman–Crippen MR) is 91.7 cm³/mol. The summed E-state index contributed by atoms with van der Waals surface area (Å²) < 4.78 is 0. The van der Waals surface area contributed by atoms with Gasteiger partial charge in [0.05, 0.1) is 0 Å². The largest absolute Gasteiger partial charge is 0.329 e. The number of nitrogens with two attached hydrogens (primary N) is 1. The van der Waals surface area contributed by atoms with Gasteiger partial charge in [-0.2, -0.15) is 0 Å². The fourth-order valence-corrected chi connectivity index (χ4v) is 3.88. The maximum atomic E-state index is 6.17. The maximum absolute atomic E-state index is 6.17. The maximum Gasteiger partial charge on any atom is 0.0473 e. The van der Waals surface area contributed by atoms with E-state index in [-0.39, 0.29) is 0 Å². The van der Waals surface area contributed by atoms with Crippen molar-refractivity contribution in [3.63, 3.8) is 0 Å². The highest BCUT2D eigenvalue weighted by molar-refractivity contribution is 5.38. The summed E-state index contributed by atoms with van der Waals surface area (Å²) in [7, 11) is 0. The van der Waals surface area contributed by atoms with Crippen molar-refractivity contribution < 1.29 is 0 Å². The summed E-state index contributed by atoms with van der Waals surface area (Å²) in [5, 5.41) is 0. The van der Waals surface area contributed by atoms with Crippen molar-refractivity contribution in [2.24, 2.45) is 11.1 Å². The normalized spacial score (nSPS) is 19.9. The van der Waals surface area contributed by atoms with Gasteiger partial charge in [-0.3, -0.25) is 4.90 Å². The Bertz CT molecular complexity index is 489. The molecule has 1 unspecified atom stereocenters. The quantitative estimate of drug-likeness (QED) is 0.883. The van der Waals surface area contributed by atoms with E-state index in [9.17, 15) is 0 Å². The second-order valence-electron chi connectivity index (χ2n) is 6.97. The van der Waals surface area contributed by atoms with Gasteiger partial charge in [-0.25, -0.2) is 0 Å². The van der Waals surface area contributed by atoms with Crippen LogP contribution >= 0.6 is 0 Å². The van der Waals surface area contributed by atoms with Gasteiger partial charge in [0.2, 0.25) is 0 Å². The summed E-state index contributed by atoms with van der Waals surface area (Å²) in [5.74, 6) is 0. The molecule has 2 nitrogen and oxygen atoms in total. The molecule has 1 aromatic carbocycles. The van der Waals surface area contributed by atoms with Crippen LogP contribution in [-0.4, -0.2) is 24.5 Å². The molecular formula is C19H32N2. The number of benzene rings is 1. The van der Waals surface area contributed by atoms with E-state index in [0.717, 1.165) is 0 Å². The van der Waals surface area contributed by atoms with E-state index in [0.29, 0.717) is 18.0 Å². The first-order valence-electron chi connectivity index (χ1n) is 8.48. The fourth-order valence-electron chi connectivity index (χ4n) is 3.88. The molecule has 1 heterocycles. The van der Waals surface area contributed by atoms with Gasteiger partial charge in [-0.15, -0.1) is 0 Å². The molecule has 1 aliphatic rings. The van der Waals surface area contributed by atoms with Crippen LogP contribution in [0.3, 0.4) is 0 Å². The Morgan fingerprint density at radius 3 is 2.24 bits per heavy atom. The zero-order valence-electron chi connectivity index (χ0n) is 14.5. The molecule has 1 atom stereocenters. The molecule has 0 spiro atoms. The van der Waals surface area contributed by atoms with Crippen LogP contribution in [0.5, 0.6) is 0 Å². The van der Waals surface area contributed by atoms with Crippen molar-refractivity contribution in [2.45, 2.75) is 59.9 Å². The Morgan fingerprint density at radius 1 is 1.10 bits per heavy atom. The summed E-state index contributed by atoms with van der Waals surface area (Å²) in [6.07, 6.45) is 3.88. The number of likely N-dealkylation sites (tertiary alicyclic amines) is 1. The summed E-state index contributed by atoms with van der Waals surface area (Å²) in [6.45, 7) is 14.4. The van der Waals surface area contributed by atoms with Gasteiger partial charge in [0.15, 0.2) is 0 Å². The van der Waals surface area contributed by atoms with Crippen molar-refractivity contribution in [1.29, 1.82) is 0 Å². The Balaban J connectivity index is 2.27. The van der Waals surface area contributed by atoms with E-state index >= 15 is 0 Å². The van der Waals surface area contributed by atoms with E-state index in [1.807, 2.05) is 0 Å². The topological polar surface area (TPSA) is 29.3 Å². The first-order valence-corrected chi connectivity index (χ1v) is 8.48. The number of hydrogen-bond donors (Lipinski definition) is 1. The first-order chi connectivity index (χ1) is 9.96. The number of rotatable bonds is 5. The molecule has 1 saturated heterocycles. The van der Waals surface area contributed by atoms with Crippen LogP contribution in [0.1, 0.15) is 61.4 Å². The van der Waals surface area contributed by atoms with Crippen molar-refractivity contribution in [2.75, 3.05) is 19.6 Å². The SMILES string of the molecule is CCC1(CC)CCN(C(CN)c2cc(C)c(C)cc2C)C1. The monoisotopic (exact) mass is 288 g/mol. The molecule has 2 heteroatoms. The Labute approximate surface area is 130 Å². The van der Waals surface area contributed by atoms with Crippen molar-refractivity contribution >= 4 is 0 Å². The van der Waals surface area contributed by atoms with E-state index in [1.165, 1.54) is 54.6 Å². The van der Waals surface area contributed by atoms with Crippen LogP contribution in [0.2, 0.25) is 0 Å². The zero-order chi connectivity index (χ0) is 15.6. The molecule has 0 amide bonds. The van der Waals surface area contributed by atoms with Gasteiger partial charge in [-0.1, -0.05) is 26.0 Å². The van der Waals surface area contributed by atoms with E-state index in [1.54, 1.807) is 0 Å². The zero-order valence-corrected chi connectivity index (χ0v) is 14.5. The molecule has 1 aromatic rings. The van der Waals surface area contributed by atoms with Gasteiger partial charge in [-0.05, 0) is 74.2 Å². The highest BCUT2D eigenvalue weighted by Crippen LogP contribution is 2.40. The third-order valence-corrected chi connectivity index (χ3v) is 5.87. The second kappa shape index (κ2) is 6.50. The lowest BCUT2D eigenvalue weighted by Crippen LogP contribution is -2.34. The average Bonchev–Trinajstić information content (AvgIpc) is 2.90. The van der Waals surface area contributed by atoms with Crippen molar-refractivity contribution in [3.05, 3.63) is 34.4 Å². The minimum atomic E-state index is 0.379. The molecule has 2 N–H and O–H groups in total. The third kappa shape index (κ3) is 3.17. The number of hydrogen-bond acceptors (Lipinski definition) is 2. The molecule has 21 heavy (non-hydrogen) atoms. The highest BCUT2D eigenvalue weighted by Gasteiger charge is 2.38. The van der Waals surface area contributed by atoms with Gasteiger partial charge in [0, 0.05) is 19.1 Å². The van der Waals surface area contributed by atoms with Gasteiger partial charge in [0.25, 0.3) is 0 Å². The molecule has 1 fully saturated rings.